The number of aromatic nitrogens is 1. The number of nitrogens with zero attached hydrogens (tertiary/aromatic N) is 1. The molecule has 1 aromatic rings. The second-order valence-electron chi connectivity index (χ2n) is 4.20. The predicted octanol–water partition coefficient (Wildman–Crippen LogP) is 2.02. The fourth-order valence-corrected chi connectivity index (χ4v) is 2.47. The number of thiazole rings is 1. The van der Waals surface area contributed by atoms with Gasteiger partial charge in [0.05, 0.1) is 17.2 Å². The summed E-state index contributed by atoms with van der Waals surface area (Å²) in [6, 6.07) is -0.0251. The maximum absolute atomic E-state index is 11.7. The van der Waals surface area contributed by atoms with Crippen LogP contribution in [-0.2, 0) is 4.79 Å². The Morgan fingerprint density at radius 2 is 2.24 bits per heavy atom. The van der Waals surface area contributed by atoms with Gasteiger partial charge < -0.3 is 5.32 Å². The zero-order valence-corrected chi connectivity index (χ0v) is 11.7. The van der Waals surface area contributed by atoms with E-state index in [-0.39, 0.29) is 18.0 Å². The zero-order chi connectivity index (χ0) is 12.8. The Balaban J connectivity index is 2.48. The molecule has 0 aromatic carbocycles. The van der Waals surface area contributed by atoms with Crippen LogP contribution in [0.1, 0.15) is 43.8 Å². The summed E-state index contributed by atoms with van der Waals surface area (Å²) < 4.78 is 0. The van der Waals surface area contributed by atoms with Crippen molar-refractivity contribution in [3.8, 4) is 0 Å². The molecule has 0 aliphatic rings. The van der Waals surface area contributed by atoms with Gasteiger partial charge >= 0.3 is 0 Å². The molecule has 0 aliphatic carbocycles. The first-order chi connectivity index (χ1) is 8.06. The van der Waals surface area contributed by atoms with Crippen molar-refractivity contribution in [1.29, 1.82) is 0 Å². The molecule has 4 nitrogen and oxygen atoms in total. The van der Waals surface area contributed by atoms with Crippen LogP contribution in [0.15, 0.2) is 5.51 Å². The van der Waals surface area contributed by atoms with E-state index in [1.807, 2.05) is 26.3 Å². The third-order valence-electron chi connectivity index (χ3n) is 2.62. The predicted molar refractivity (Wildman–Crippen MR) is 71.2 cm³/mol. The highest BCUT2D eigenvalue weighted by molar-refractivity contribution is 7.09. The van der Waals surface area contributed by atoms with Crippen LogP contribution in [0, 0.1) is 6.92 Å². The summed E-state index contributed by atoms with van der Waals surface area (Å²) in [5.41, 5.74) is 2.88. The maximum Gasteiger partial charge on any atom is 0.236 e. The Bertz CT molecular complexity index is 364. The summed E-state index contributed by atoms with van der Waals surface area (Å²) in [7, 11) is 0. The first-order valence-corrected chi connectivity index (χ1v) is 6.88. The third-order valence-corrected chi connectivity index (χ3v) is 3.73. The van der Waals surface area contributed by atoms with Gasteiger partial charge in [0.25, 0.3) is 0 Å². The smallest absolute Gasteiger partial charge is 0.236 e. The quantitative estimate of drug-likeness (QED) is 0.817. The van der Waals surface area contributed by atoms with Crippen LogP contribution >= 0.6 is 11.3 Å². The number of hydrogen-bond donors (Lipinski definition) is 2. The summed E-state index contributed by atoms with van der Waals surface area (Å²) in [6.45, 7) is 8.72. The van der Waals surface area contributed by atoms with Gasteiger partial charge in [-0.15, -0.1) is 11.3 Å². The second kappa shape index (κ2) is 6.71. The molecule has 0 saturated heterocycles. The first-order valence-electron chi connectivity index (χ1n) is 6.00. The van der Waals surface area contributed by atoms with E-state index in [1.54, 1.807) is 11.3 Å². The highest BCUT2D eigenvalue weighted by Crippen LogP contribution is 2.21. The molecule has 1 amide bonds. The minimum Gasteiger partial charge on any atom is -0.355 e. The maximum atomic E-state index is 11.7. The van der Waals surface area contributed by atoms with Gasteiger partial charge in [-0.1, -0.05) is 6.92 Å². The Morgan fingerprint density at radius 1 is 1.53 bits per heavy atom. The van der Waals surface area contributed by atoms with Gasteiger partial charge in [0.2, 0.25) is 5.91 Å². The van der Waals surface area contributed by atoms with Crippen LogP contribution in [0.25, 0.3) is 0 Å². The van der Waals surface area contributed by atoms with E-state index in [1.165, 1.54) is 4.88 Å². The molecular weight excluding hydrogens is 234 g/mol. The number of nitrogens with one attached hydrogen (secondary N) is 2. The summed E-state index contributed by atoms with van der Waals surface area (Å²) >= 11 is 1.62. The molecule has 2 N–H and O–H groups in total. The molecule has 1 heterocycles. The molecule has 2 atom stereocenters. The number of carbonyl (C=O) groups is 1. The fraction of sp³-hybridized carbons (Fsp3) is 0.667. The van der Waals surface area contributed by atoms with E-state index in [9.17, 15) is 4.79 Å². The van der Waals surface area contributed by atoms with Crippen LogP contribution in [-0.4, -0.2) is 23.5 Å². The number of amides is 1. The van der Waals surface area contributed by atoms with Gasteiger partial charge in [-0.05, 0) is 27.2 Å². The van der Waals surface area contributed by atoms with Gasteiger partial charge in [-0.25, -0.2) is 4.98 Å². The van der Waals surface area contributed by atoms with Crippen molar-refractivity contribution in [3.63, 3.8) is 0 Å². The fourth-order valence-electron chi connectivity index (χ4n) is 1.65. The van der Waals surface area contributed by atoms with Crippen LogP contribution in [0.3, 0.4) is 0 Å². The Morgan fingerprint density at radius 3 is 2.76 bits per heavy atom. The lowest BCUT2D eigenvalue weighted by molar-refractivity contribution is -0.122. The second-order valence-corrected chi connectivity index (χ2v) is 5.09. The van der Waals surface area contributed by atoms with Crippen LogP contribution in [0.5, 0.6) is 0 Å². The van der Waals surface area contributed by atoms with Gasteiger partial charge in [0, 0.05) is 17.5 Å². The Kier molecular flexibility index (Phi) is 5.58. The molecule has 0 saturated carbocycles. The standard InChI is InChI=1S/C12H21N3OS/c1-5-6-13-12(16)10(4)15-9(3)11-8(2)14-7-17-11/h7,9-10,15H,5-6H2,1-4H3,(H,13,16). The SMILES string of the molecule is CCCNC(=O)C(C)NC(C)c1scnc1C. The van der Waals surface area contributed by atoms with Gasteiger partial charge in [-0.3, -0.25) is 10.1 Å². The average Bonchev–Trinajstić information content (AvgIpc) is 2.72. The molecule has 1 aromatic heterocycles. The molecule has 0 radical (unpaired) electrons. The molecule has 5 heteroatoms. The first kappa shape index (κ1) is 14.1. The van der Waals surface area contributed by atoms with Crippen molar-refractivity contribution in [1.82, 2.24) is 15.6 Å². The van der Waals surface area contributed by atoms with Crippen molar-refractivity contribution in [2.75, 3.05) is 6.54 Å². The van der Waals surface area contributed by atoms with E-state index in [0.29, 0.717) is 0 Å². The number of carbonyl (C=O) groups excluding carboxylic acids is 1. The van der Waals surface area contributed by atoms with E-state index >= 15 is 0 Å². The molecule has 0 bridgehead atoms. The highest BCUT2D eigenvalue weighted by Gasteiger charge is 2.17. The number of rotatable bonds is 6. The van der Waals surface area contributed by atoms with Crippen molar-refractivity contribution in [3.05, 3.63) is 16.1 Å². The van der Waals surface area contributed by atoms with Crippen molar-refractivity contribution in [2.24, 2.45) is 0 Å². The van der Waals surface area contributed by atoms with Crippen molar-refractivity contribution < 1.29 is 4.79 Å². The van der Waals surface area contributed by atoms with E-state index in [2.05, 4.69) is 22.5 Å². The average molecular weight is 255 g/mol. The monoisotopic (exact) mass is 255 g/mol. The largest absolute Gasteiger partial charge is 0.355 e. The molecule has 1 rings (SSSR count). The zero-order valence-electron chi connectivity index (χ0n) is 10.9. The van der Waals surface area contributed by atoms with E-state index < -0.39 is 0 Å². The number of hydrogen-bond acceptors (Lipinski definition) is 4. The normalized spacial score (nSPS) is 14.4. The van der Waals surface area contributed by atoms with Crippen molar-refractivity contribution in [2.45, 2.75) is 46.2 Å². The molecule has 17 heavy (non-hydrogen) atoms. The molecule has 0 aliphatic heterocycles. The van der Waals surface area contributed by atoms with Gasteiger partial charge in [0.1, 0.15) is 0 Å². The Labute approximate surface area is 107 Å². The number of aryl methyl sites for hydroxylation is 1. The molecular formula is C12H21N3OS. The molecule has 0 fully saturated rings. The molecule has 96 valence electrons. The summed E-state index contributed by atoms with van der Waals surface area (Å²) in [4.78, 5) is 17.1. The lowest BCUT2D eigenvalue weighted by atomic mass is 10.2. The van der Waals surface area contributed by atoms with Crippen LogP contribution < -0.4 is 10.6 Å². The van der Waals surface area contributed by atoms with Gasteiger partial charge in [0.15, 0.2) is 0 Å². The van der Waals surface area contributed by atoms with Crippen molar-refractivity contribution >= 4 is 17.2 Å². The van der Waals surface area contributed by atoms with E-state index in [0.717, 1.165) is 18.7 Å². The minimum atomic E-state index is -0.182. The van der Waals surface area contributed by atoms with Crippen LogP contribution in [0.2, 0.25) is 0 Å². The summed E-state index contributed by atoms with van der Waals surface area (Å²) in [5, 5.41) is 6.17. The lowest BCUT2D eigenvalue weighted by Crippen LogP contribution is -2.43. The van der Waals surface area contributed by atoms with Crippen LogP contribution in [0.4, 0.5) is 0 Å². The Hall–Kier alpha value is -0.940. The highest BCUT2D eigenvalue weighted by atomic mass is 32.1. The van der Waals surface area contributed by atoms with E-state index in [4.69, 9.17) is 0 Å². The third kappa shape index (κ3) is 4.09. The molecule has 2 unspecified atom stereocenters. The topological polar surface area (TPSA) is 54.0 Å². The summed E-state index contributed by atoms with van der Waals surface area (Å²) in [5.74, 6) is 0.0564. The molecule has 0 spiro atoms. The van der Waals surface area contributed by atoms with Gasteiger partial charge in [-0.2, -0.15) is 0 Å². The summed E-state index contributed by atoms with van der Waals surface area (Å²) in [6.07, 6.45) is 0.960. The minimum absolute atomic E-state index is 0.0564. The lowest BCUT2D eigenvalue weighted by Gasteiger charge is -2.19.